The Balaban J connectivity index is 1.33. The van der Waals surface area contributed by atoms with Crippen molar-refractivity contribution in [3.63, 3.8) is 0 Å². The first-order chi connectivity index (χ1) is 12.7. The van der Waals surface area contributed by atoms with Crippen molar-refractivity contribution < 1.29 is 4.42 Å². The van der Waals surface area contributed by atoms with E-state index < -0.39 is 5.76 Å². The molecule has 4 rings (SSSR count). The minimum Gasteiger partial charge on any atom is -0.408 e. The maximum absolute atomic E-state index is 11.3. The van der Waals surface area contributed by atoms with Crippen molar-refractivity contribution in [2.24, 2.45) is 0 Å². The van der Waals surface area contributed by atoms with E-state index >= 15 is 0 Å². The summed E-state index contributed by atoms with van der Waals surface area (Å²) in [5, 5.41) is 0. The number of aromatic nitrogens is 1. The topological polar surface area (TPSA) is 52.5 Å². The average molecular weight is 367 g/mol. The van der Waals surface area contributed by atoms with Gasteiger partial charge in [-0.05, 0) is 23.3 Å². The van der Waals surface area contributed by atoms with Gasteiger partial charge < -0.3 is 9.32 Å². The molecular formula is C20H21N3O2S. The van der Waals surface area contributed by atoms with Crippen LogP contribution in [0.3, 0.4) is 0 Å². The van der Waals surface area contributed by atoms with E-state index in [2.05, 4.69) is 45.1 Å². The Labute approximate surface area is 157 Å². The van der Waals surface area contributed by atoms with Crippen LogP contribution >= 0.6 is 12.2 Å². The van der Waals surface area contributed by atoms with Crippen LogP contribution in [0.2, 0.25) is 0 Å². The first kappa shape index (κ1) is 17.0. The quantitative estimate of drug-likeness (QED) is 0.719. The molecule has 26 heavy (non-hydrogen) atoms. The van der Waals surface area contributed by atoms with Gasteiger partial charge in [0.2, 0.25) is 0 Å². The summed E-state index contributed by atoms with van der Waals surface area (Å²) in [7, 11) is 0. The standard InChI is InChI=1S/C20H21N3O2S/c24-20-21-17-7-6-16(12-18(17)25-20)13-19(26)23-10-8-22(9-11-23)14-15-4-2-1-3-5-15/h1-7,12H,8-11,13-14H2,(H,21,24). The molecule has 3 aromatic rings. The normalized spacial score (nSPS) is 15.5. The lowest BCUT2D eigenvalue weighted by atomic mass is 10.1. The van der Waals surface area contributed by atoms with Crippen LogP contribution in [-0.4, -0.2) is 46.0 Å². The number of fused-ring (bicyclic) bond motifs is 1. The fraction of sp³-hybridized carbons (Fsp3) is 0.300. The molecule has 134 valence electrons. The van der Waals surface area contributed by atoms with Crippen LogP contribution < -0.4 is 5.76 Å². The minimum atomic E-state index is -0.422. The monoisotopic (exact) mass is 367 g/mol. The molecule has 2 aromatic carbocycles. The van der Waals surface area contributed by atoms with Crippen LogP contribution in [0.5, 0.6) is 0 Å². The third kappa shape index (κ3) is 3.86. The number of hydrogen-bond acceptors (Lipinski definition) is 4. The number of thiocarbonyl (C=S) groups is 1. The second kappa shape index (κ2) is 7.43. The zero-order chi connectivity index (χ0) is 17.9. The van der Waals surface area contributed by atoms with Crippen molar-refractivity contribution in [2.75, 3.05) is 26.2 Å². The molecule has 1 saturated heterocycles. The molecule has 2 heterocycles. The van der Waals surface area contributed by atoms with E-state index in [-0.39, 0.29) is 0 Å². The Bertz CT molecular complexity index is 956. The number of benzene rings is 2. The number of H-pyrrole nitrogens is 1. The first-order valence-corrected chi connectivity index (χ1v) is 9.24. The molecule has 0 atom stereocenters. The fourth-order valence-corrected chi connectivity index (χ4v) is 3.73. The first-order valence-electron chi connectivity index (χ1n) is 8.83. The number of nitrogens with zero attached hydrogens (tertiary/aromatic N) is 2. The Morgan fingerprint density at radius 3 is 2.58 bits per heavy atom. The van der Waals surface area contributed by atoms with Crippen LogP contribution in [-0.2, 0) is 13.0 Å². The van der Waals surface area contributed by atoms with Crippen LogP contribution in [0.25, 0.3) is 11.1 Å². The summed E-state index contributed by atoms with van der Waals surface area (Å²) in [6.45, 7) is 4.92. The SMILES string of the molecule is O=c1[nH]c2ccc(CC(=S)N3CCN(Cc4ccccc4)CC3)cc2o1. The van der Waals surface area contributed by atoms with Crippen LogP contribution in [0.4, 0.5) is 0 Å². The molecule has 0 radical (unpaired) electrons. The number of nitrogens with one attached hydrogen (secondary N) is 1. The van der Waals surface area contributed by atoms with Crippen molar-refractivity contribution in [1.82, 2.24) is 14.8 Å². The fourth-order valence-electron chi connectivity index (χ4n) is 3.38. The number of rotatable bonds is 4. The largest absolute Gasteiger partial charge is 0.417 e. The summed E-state index contributed by atoms with van der Waals surface area (Å²) in [5.74, 6) is -0.422. The molecule has 0 amide bonds. The lowest BCUT2D eigenvalue weighted by molar-refractivity contribution is 0.176. The second-order valence-corrected chi connectivity index (χ2v) is 7.14. The molecule has 0 aliphatic carbocycles. The van der Waals surface area contributed by atoms with Crippen LogP contribution in [0.15, 0.2) is 57.7 Å². The molecule has 1 aliphatic heterocycles. The Kier molecular flexibility index (Phi) is 4.86. The van der Waals surface area contributed by atoms with Gasteiger partial charge in [-0.15, -0.1) is 0 Å². The highest BCUT2D eigenvalue weighted by Gasteiger charge is 2.19. The molecule has 6 heteroatoms. The smallest absolute Gasteiger partial charge is 0.408 e. The lowest BCUT2D eigenvalue weighted by Crippen LogP contribution is -2.48. The molecule has 1 N–H and O–H groups in total. The molecule has 5 nitrogen and oxygen atoms in total. The van der Waals surface area contributed by atoms with Gasteiger partial charge in [-0.3, -0.25) is 9.88 Å². The van der Waals surface area contributed by atoms with Crippen LogP contribution in [0, 0.1) is 0 Å². The molecular weight excluding hydrogens is 346 g/mol. The van der Waals surface area contributed by atoms with E-state index in [1.807, 2.05) is 18.2 Å². The van der Waals surface area contributed by atoms with Gasteiger partial charge in [0.1, 0.15) is 0 Å². The summed E-state index contributed by atoms with van der Waals surface area (Å²) < 4.78 is 5.13. The maximum atomic E-state index is 11.3. The second-order valence-electron chi connectivity index (χ2n) is 6.66. The zero-order valence-corrected chi connectivity index (χ0v) is 15.3. The van der Waals surface area contributed by atoms with E-state index in [9.17, 15) is 4.79 Å². The van der Waals surface area contributed by atoms with E-state index in [1.165, 1.54) is 5.56 Å². The predicted octanol–water partition coefficient (Wildman–Crippen LogP) is 2.81. The van der Waals surface area contributed by atoms with Gasteiger partial charge in [0, 0.05) is 39.1 Å². The van der Waals surface area contributed by atoms with Crippen molar-refractivity contribution in [2.45, 2.75) is 13.0 Å². The third-order valence-corrected chi connectivity index (χ3v) is 5.22. The van der Waals surface area contributed by atoms with Crippen LogP contribution in [0.1, 0.15) is 11.1 Å². The number of piperazine rings is 1. The number of aromatic amines is 1. The van der Waals surface area contributed by atoms with Crippen molar-refractivity contribution in [3.05, 3.63) is 70.2 Å². The highest BCUT2D eigenvalue weighted by molar-refractivity contribution is 7.80. The highest BCUT2D eigenvalue weighted by atomic mass is 32.1. The summed E-state index contributed by atoms with van der Waals surface area (Å²) in [6.07, 6.45) is 0.693. The van der Waals surface area contributed by atoms with Gasteiger partial charge in [-0.25, -0.2) is 4.79 Å². The van der Waals surface area contributed by atoms with Gasteiger partial charge in [0.15, 0.2) is 5.58 Å². The number of hydrogen-bond donors (Lipinski definition) is 1. The lowest BCUT2D eigenvalue weighted by Gasteiger charge is -2.36. The highest BCUT2D eigenvalue weighted by Crippen LogP contribution is 2.15. The van der Waals surface area contributed by atoms with E-state index in [4.69, 9.17) is 16.6 Å². The van der Waals surface area contributed by atoms with E-state index in [1.54, 1.807) is 0 Å². The van der Waals surface area contributed by atoms with E-state index in [0.29, 0.717) is 12.0 Å². The van der Waals surface area contributed by atoms with Gasteiger partial charge in [0.25, 0.3) is 0 Å². The third-order valence-electron chi connectivity index (χ3n) is 4.81. The predicted molar refractivity (Wildman–Crippen MR) is 106 cm³/mol. The van der Waals surface area contributed by atoms with Crippen molar-refractivity contribution in [1.29, 1.82) is 0 Å². The molecule has 0 unspecified atom stereocenters. The Hall–Kier alpha value is -2.44. The molecule has 0 saturated carbocycles. The number of oxazole rings is 1. The van der Waals surface area contributed by atoms with Gasteiger partial charge in [-0.2, -0.15) is 0 Å². The molecule has 1 aromatic heterocycles. The molecule has 0 spiro atoms. The minimum absolute atomic E-state index is 0.422. The average Bonchev–Trinajstić information content (AvgIpc) is 3.02. The Morgan fingerprint density at radius 2 is 1.81 bits per heavy atom. The molecule has 1 fully saturated rings. The molecule has 1 aliphatic rings. The summed E-state index contributed by atoms with van der Waals surface area (Å²) in [6, 6.07) is 16.3. The van der Waals surface area contributed by atoms with Crippen molar-refractivity contribution in [3.8, 4) is 0 Å². The van der Waals surface area contributed by atoms with Gasteiger partial charge in [0.05, 0.1) is 10.5 Å². The maximum Gasteiger partial charge on any atom is 0.417 e. The summed E-state index contributed by atoms with van der Waals surface area (Å²) >= 11 is 5.66. The molecule has 0 bridgehead atoms. The summed E-state index contributed by atoms with van der Waals surface area (Å²) in [4.78, 5) is 19.6. The van der Waals surface area contributed by atoms with Gasteiger partial charge in [-0.1, -0.05) is 48.6 Å². The summed E-state index contributed by atoms with van der Waals surface area (Å²) in [5.41, 5.74) is 3.73. The zero-order valence-electron chi connectivity index (χ0n) is 14.5. The Morgan fingerprint density at radius 1 is 1.04 bits per heavy atom. The van der Waals surface area contributed by atoms with Crippen molar-refractivity contribution >= 4 is 28.3 Å². The van der Waals surface area contributed by atoms with Gasteiger partial charge >= 0.3 is 5.76 Å². The van der Waals surface area contributed by atoms with E-state index in [0.717, 1.165) is 48.8 Å².